The van der Waals surface area contributed by atoms with E-state index in [1.807, 2.05) is 9.80 Å². The van der Waals surface area contributed by atoms with E-state index >= 15 is 4.39 Å². The van der Waals surface area contributed by atoms with Crippen LogP contribution in [0, 0.1) is 29.9 Å². The fourth-order valence-electron chi connectivity index (χ4n) is 9.51. The number of fused-ring (bicyclic) bond motifs is 5. The summed E-state index contributed by atoms with van der Waals surface area (Å²) in [6.45, 7) is 6.33. The first-order valence-corrected chi connectivity index (χ1v) is 18.4. The summed E-state index contributed by atoms with van der Waals surface area (Å²) in [7, 11) is 0. The number of amides is 2. The van der Waals surface area contributed by atoms with Gasteiger partial charge in [-0.05, 0) is 61.9 Å². The topological polar surface area (TPSA) is 115 Å². The molecule has 1 N–H and O–H groups in total. The molecule has 4 aromatic rings. The van der Waals surface area contributed by atoms with Crippen LogP contribution < -0.4 is 9.64 Å². The van der Waals surface area contributed by atoms with E-state index in [1.165, 1.54) is 36.5 Å². The van der Waals surface area contributed by atoms with Gasteiger partial charge in [-0.2, -0.15) is 9.97 Å². The molecule has 5 aliphatic rings. The molecule has 0 radical (unpaired) electrons. The number of terminal acetylenes is 1. The lowest BCUT2D eigenvalue weighted by Gasteiger charge is -2.46. The zero-order valence-corrected chi connectivity index (χ0v) is 29.5. The van der Waals surface area contributed by atoms with E-state index in [2.05, 4.69) is 27.4 Å². The van der Waals surface area contributed by atoms with Gasteiger partial charge in [0.15, 0.2) is 5.82 Å². The van der Waals surface area contributed by atoms with Gasteiger partial charge in [-0.1, -0.05) is 18.6 Å². The highest BCUT2D eigenvalue weighted by molar-refractivity contribution is 6.03. The third-order valence-electron chi connectivity index (χ3n) is 12.1. The minimum Gasteiger partial charge on any atom is -0.508 e. The molecule has 4 atom stereocenters. The van der Waals surface area contributed by atoms with Gasteiger partial charge >= 0.3 is 6.01 Å². The van der Waals surface area contributed by atoms with Crippen molar-refractivity contribution in [3.63, 3.8) is 0 Å². The first-order chi connectivity index (χ1) is 26.1. The molecule has 14 heteroatoms. The van der Waals surface area contributed by atoms with Crippen LogP contribution in [0.4, 0.5) is 19.0 Å². The molecule has 5 aliphatic heterocycles. The number of piperazine rings is 1. The van der Waals surface area contributed by atoms with Crippen molar-refractivity contribution < 1.29 is 32.6 Å². The second kappa shape index (κ2) is 12.9. The Balaban J connectivity index is 1.10. The highest BCUT2D eigenvalue weighted by Crippen LogP contribution is 2.43. The SMILES string of the molecule is C#Cc1c(F)ccc2cc(O)cc(-c3ncc4c(N5CC6CCC(C5)N6C(=O)C5CN(C(=O)C=C)C5)nc(OC[C@@]56CCCN5C[C@H](F)C6)nc4c3F)c12. The number of ether oxygens (including phenoxy) is 1. The minimum absolute atomic E-state index is 0.0217. The molecule has 11 nitrogen and oxygen atoms in total. The number of hydrogen-bond donors (Lipinski definition) is 1. The van der Waals surface area contributed by atoms with E-state index in [0.717, 1.165) is 32.2 Å². The van der Waals surface area contributed by atoms with Crippen molar-refractivity contribution in [2.24, 2.45) is 5.92 Å². The van der Waals surface area contributed by atoms with Crippen LogP contribution in [-0.2, 0) is 9.59 Å². The highest BCUT2D eigenvalue weighted by Gasteiger charge is 2.50. The largest absolute Gasteiger partial charge is 0.508 e. The number of carbonyl (C=O) groups excluding carboxylic acids is 2. The maximum absolute atomic E-state index is 17.1. The molecule has 2 aromatic carbocycles. The van der Waals surface area contributed by atoms with Gasteiger partial charge in [-0.25, -0.2) is 13.2 Å². The molecule has 5 saturated heterocycles. The van der Waals surface area contributed by atoms with Crippen molar-refractivity contribution in [1.29, 1.82) is 0 Å². The number of anilines is 1. The Morgan fingerprint density at radius 1 is 1.11 bits per heavy atom. The van der Waals surface area contributed by atoms with E-state index < -0.39 is 23.3 Å². The first kappa shape index (κ1) is 34.4. The van der Waals surface area contributed by atoms with Crippen LogP contribution in [0.5, 0.6) is 11.8 Å². The number of hydrogen-bond acceptors (Lipinski definition) is 9. The molecule has 2 amide bonds. The van der Waals surface area contributed by atoms with Crippen LogP contribution >= 0.6 is 0 Å². The fraction of sp³-hybridized carbons (Fsp3) is 0.425. The van der Waals surface area contributed by atoms with Gasteiger partial charge in [-0.15, -0.1) is 6.42 Å². The van der Waals surface area contributed by atoms with Crippen molar-refractivity contribution in [3.8, 4) is 35.4 Å². The molecule has 278 valence electrons. The quantitative estimate of drug-likeness (QED) is 0.215. The number of phenols is 1. The Morgan fingerprint density at radius 3 is 2.63 bits per heavy atom. The molecule has 7 heterocycles. The van der Waals surface area contributed by atoms with E-state index in [9.17, 15) is 23.5 Å². The Morgan fingerprint density at radius 2 is 1.89 bits per heavy atom. The van der Waals surface area contributed by atoms with Gasteiger partial charge < -0.3 is 24.5 Å². The number of nitrogens with zero attached hydrogens (tertiary/aromatic N) is 7. The van der Waals surface area contributed by atoms with E-state index in [-0.39, 0.29) is 75.9 Å². The van der Waals surface area contributed by atoms with Gasteiger partial charge in [0.1, 0.15) is 41.4 Å². The summed E-state index contributed by atoms with van der Waals surface area (Å²) in [5.74, 6) is 0.602. The molecule has 2 aromatic heterocycles. The zero-order valence-electron chi connectivity index (χ0n) is 29.5. The minimum atomic E-state index is -0.970. The number of pyridine rings is 1. The number of aromatic nitrogens is 3. The molecule has 54 heavy (non-hydrogen) atoms. The Labute approximate surface area is 309 Å². The lowest BCUT2D eigenvalue weighted by atomic mass is 9.95. The molecule has 0 aliphatic carbocycles. The van der Waals surface area contributed by atoms with Crippen LogP contribution in [0.15, 0.2) is 43.1 Å². The van der Waals surface area contributed by atoms with E-state index in [1.54, 1.807) is 4.90 Å². The van der Waals surface area contributed by atoms with Crippen molar-refractivity contribution >= 4 is 39.3 Å². The summed E-state index contributed by atoms with van der Waals surface area (Å²) in [6, 6.07) is 5.02. The third kappa shape index (κ3) is 5.42. The van der Waals surface area contributed by atoms with Crippen LogP contribution in [0.25, 0.3) is 32.9 Å². The third-order valence-corrected chi connectivity index (χ3v) is 12.1. The van der Waals surface area contributed by atoms with Crippen molar-refractivity contribution in [2.75, 3.05) is 50.8 Å². The summed E-state index contributed by atoms with van der Waals surface area (Å²) in [5.41, 5.74) is -0.802. The van der Waals surface area contributed by atoms with E-state index in [4.69, 9.17) is 16.1 Å². The molecule has 0 saturated carbocycles. The van der Waals surface area contributed by atoms with Crippen LogP contribution in [0.1, 0.15) is 37.7 Å². The molecular formula is C40H38F3N7O4. The Kier molecular flexibility index (Phi) is 8.18. The number of phenolic OH excluding ortho intramolecular Hbond substituents is 1. The maximum atomic E-state index is 17.1. The van der Waals surface area contributed by atoms with Gasteiger partial charge in [-0.3, -0.25) is 19.5 Å². The number of likely N-dealkylation sites (tertiary alicyclic amines) is 1. The first-order valence-electron chi connectivity index (χ1n) is 18.4. The second-order valence-electron chi connectivity index (χ2n) is 15.2. The predicted octanol–water partition coefficient (Wildman–Crippen LogP) is 4.59. The van der Waals surface area contributed by atoms with Gasteiger partial charge in [0.25, 0.3) is 0 Å². The van der Waals surface area contributed by atoms with E-state index in [0.29, 0.717) is 55.7 Å². The van der Waals surface area contributed by atoms with Gasteiger partial charge in [0, 0.05) is 68.4 Å². The van der Waals surface area contributed by atoms with Gasteiger partial charge in [0.05, 0.1) is 22.4 Å². The van der Waals surface area contributed by atoms with Crippen molar-refractivity contribution in [2.45, 2.75) is 55.9 Å². The van der Waals surface area contributed by atoms with Crippen LogP contribution in [0.2, 0.25) is 0 Å². The zero-order chi connectivity index (χ0) is 37.5. The number of alkyl halides is 1. The molecular weight excluding hydrogens is 699 g/mol. The summed E-state index contributed by atoms with van der Waals surface area (Å²) in [6.07, 6.45) is 11.0. The summed E-state index contributed by atoms with van der Waals surface area (Å²) < 4.78 is 52.9. The highest BCUT2D eigenvalue weighted by atomic mass is 19.1. The van der Waals surface area contributed by atoms with Crippen molar-refractivity contribution in [3.05, 3.63) is 60.3 Å². The maximum Gasteiger partial charge on any atom is 0.319 e. The predicted molar refractivity (Wildman–Crippen MR) is 194 cm³/mol. The average molecular weight is 738 g/mol. The second-order valence-corrected chi connectivity index (χ2v) is 15.2. The summed E-state index contributed by atoms with van der Waals surface area (Å²) in [5, 5.41) is 11.6. The summed E-state index contributed by atoms with van der Waals surface area (Å²) in [4.78, 5) is 47.3. The smallest absolute Gasteiger partial charge is 0.319 e. The lowest BCUT2D eigenvalue weighted by molar-refractivity contribution is -0.148. The standard InChI is InChI=1S/C40H38F3N7O4/c1-3-28-31(42)9-6-22-12-27(51)13-29(33(22)28)35-34(43)36-30(15-44-35)37(46-39(45-36)54-21-40-10-5-11-49(40)18-24(41)14-40)48-19-25-7-8-26(20-48)50(25)38(53)23-16-47(17-23)32(52)4-2/h1,4,6,9,12-13,15,23-26,51H,2,5,7-8,10-11,14,16-21H2/t24-,25?,26?,40+/m1/s1. The summed E-state index contributed by atoms with van der Waals surface area (Å²) >= 11 is 0. The molecule has 0 spiro atoms. The number of rotatable bonds is 7. The van der Waals surface area contributed by atoms with Gasteiger partial charge in [0.2, 0.25) is 11.8 Å². The monoisotopic (exact) mass is 737 g/mol. The number of halogens is 3. The fourth-order valence-corrected chi connectivity index (χ4v) is 9.51. The number of carbonyl (C=O) groups is 2. The Bertz CT molecular complexity index is 2280. The molecule has 2 unspecified atom stereocenters. The van der Waals surface area contributed by atoms with Crippen LogP contribution in [0.3, 0.4) is 0 Å². The van der Waals surface area contributed by atoms with Crippen LogP contribution in [-0.4, -0.2) is 116 Å². The Hall–Kier alpha value is -5.42. The average Bonchev–Trinajstić information content (AvgIpc) is 3.76. The van der Waals surface area contributed by atoms with Crippen molar-refractivity contribution in [1.82, 2.24) is 29.7 Å². The molecule has 2 bridgehead atoms. The number of aromatic hydroxyl groups is 1. The lowest BCUT2D eigenvalue weighted by Crippen LogP contribution is -2.62. The molecule has 9 rings (SSSR count). The molecule has 5 fully saturated rings. The number of benzene rings is 2. The normalized spacial score (nSPS) is 25.2.